The molecule has 0 aliphatic carbocycles. The van der Waals surface area contributed by atoms with Gasteiger partial charge in [-0.1, -0.05) is 0 Å². The minimum absolute atomic E-state index is 0.0164. The molecule has 1 aliphatic rings. The van der Waals surface area contributed by atoms with Crippen LogP contribution < -0.4 is 15.4 Å². The lowest BCUT2D eigenvalue weighted by molar-refractivity contribution is 0.573. The number of piperazine rings is 1. The van der Waals surface area contributed by atoms with Crippen LogP contribution in [0.4, 0.5) is 11.5 Å². The molecule has 1 fully saturated rings. The fraction of sp³-hybridized carbons (Fsp3) is 0.364. The van der Waals surface area contributed by atoms with Gasteiger partial charge in [-0.25, -0.2) is 9.97 Å². The van der Waals surface area contributed by atoms with Crippen molar-refractivity contribution in [3.05, 3.63) is 58.9 Å². The second-order valence-corrected chi connectivity index (χ2v) is 8.08. The molecule has 4 aromatic rings. The fourth-order valence-corrected chi connectivity index (χ4v) is 4.13. The van der Waals surface area contributed by atoms with Gasteiger partial charge in [-0.15, -0.1) is 0 Å². The molecular formula is C22H25N7O. The second-order valence-electron chi connectivity index (χ2n) is 8.08. The third-order valence-corrected chi connectivity index (χ3v) is 5.76. The largest absolute Gasteiger partial charge is 0.368 e. The lowest BCUT2D eigenvalue weighted by atomic mass is 10.2. The zero-order valence-corrected chi connectivity index (χ0v) is 17.5. The van der Waals surface area contributed by atoms with E-state index in [9.17, 15) is 4.79 Å². The molecule has 0 spiro atoms. The Bertz CT molecular complexity index is 1280. The summed E-state index contributed by atoms with van der Waals surface area (Å²) in [5.74, 6) is 1.08. The molecule has 1 aromatic carbocycles. The highest BCUT2D eigenvalue weighted by Gasteiger charge is 2.21. The zero-order valence-electron chi connectivity index (χ0n) is 17.5. The second kappa shape index (κ2) is 7.12. The Balaban J connectivity index is 1.39. The summed E-state index contributed by atoms with van der Waals surface area (Å²) in [6.07, 6.45) is 3.44. The molecule has 30 heavy (non-hydrogen) atoms. The maximum atomic E-state index is 12.7. The first-order valence-electron chi connectivity index (χ1n) is 10.3. The molecule has 154 valence electrons. The Morgan fingerprint density at radius 2 is 1.77 bits per heavy atom. The van der Waals surface area contributed by atoms with Crippen molar-refractivity contribution in [3.63, 3.8) is 0 Å². The molecule has 0 unspecified atom stereocenters. The van der Waals surface area contributed by atoms with Crippen LogP contribution in [0.3, 0.4) is 0 Å². The van der Waals surface area contributed by atoms with Crippen LogP contribution in [0.2, 0.25) is 0 Å². The summed E-state index contributed by atoms with van der Waals surface area (Å²) in [5, 5.41) is 5.10. The van der Waals surface area contributed by atoms with Gasteiger partial charge in [0.25, 0.3) is 5.56 Å². The van der Waals surface area contributed by atoms with Gasteiger partial charge in [0.2, 0.25) is 0 Å². The number of nitrogens with zero attached hydrogens (tertiary/aromatic N) is 7. The number of hydrogen-bond donors (Lipinski definition) is 0. The lowest BCUT2D eigenvalue weighted by Gasteiger charge is -2.37. The van der Waals surface area contributed by atoms with Crippen molar-refractivity contribution in [1.29, 1.82) is 0 Å². The third-order valence-electron chi connectivity index (χ3n) is 5.76. The van der Waals surface area contributed by atoms with Crippen LogP contribution in [0, 0.1) is 6.92 Å². The van der Waals surface area contributed by atoms with Gasteiger partial charge >= 0.3 is 0 Å². The van der Waals surface area contributed by atoms with Gasteiger partial charge in [0.1, 0.15) is 5.82 Å². The van der Waals surface area contributed by atoms with E-state index in [1.54, 1.807) is 17.1 Å². The van der Waals surface area contributed by atoms with Crippen LogP contribution in [-0.4, -0.2) is 50.3 Å². The predicted octanol–water partition coefficient (Wildman–Crippen LogP) is 2.66. The minimum atomic E-state index is 0.0164. The number of rotatable bonds is 3. The van der Waals surface area contributed by atoms with Crippen LogP contribution in [0.15, 0.2) is 47.7 Å². The van der Waals surface area contributed by atoms with Crippen molar-refractivity contribution in [2.45, 2.75) is 26.8 Å². The molecule has 0 bridgehead atoms. The molecule has 0 saturated carbocycles. The first-order chi connectivity index (χ1) is 14.5. The van der Waals surface area contributed by atoms with Crippen molar-refractivity contribution in [2.75, 3.05) is 36.0 Å². The number of hydrogen-bond acceptors (Lipinski definition) is 6. The van der Waals surface area contributed by atoms with Crippen molar-refractivity contribution < 1.29 is 0 Å². The van der Waals surface area contributed by atoms with Crippen LogP contribution in [0.25, 0.3) is 16.6 Å². The summed E-state index contributed by atoms with van der Waals surface area (Å²) in [7, 11) is 0. The first kappa shape index (κ1) is 18.6. The van der Waals surface area contributed by atoms with Gasteiger partial charge in [-0.3, -0.25) is 9.36 Å². The number of benzene rings is 1. The Kier molecular flexibility index (Phi) is 4.42. The highest BCUT2D eigenvalue weighted by atomic mass is 16.1. The van der Waals surface area contributed by atoms with Gasteiger partial charge in [0.05, 0.1) is 23.4 Å². The minimum Gasteiger partial charge on any atom is -0.368 e. The first-order valence-corrected chi connectivity index (χ1v) is 10.3. The summed E-state index contributed by atoms with van der Waals surface area (Å²) in [6.45, 7) is 9.55. The van der Waals surface area contributed by atoms with Crippen molar-refractivity contribution >= 4 is 28.1 Å². The highest BCUT2D eigenvalue weighted by Crippen LogP contribution is 2.23. The predicted molar refractivity (Wildman–Crippen MR) is 119 cm³/mol. The molecule has 0 atom stereocenters. The highest BCUT2D eigenvalue weighted by molar-refractivity contribution is 5.81. The van der Waals surface area contributed by atoms with Gasteiger partial charge in [-0.05, 0) is 39.0 Å². The van der Waals surface area contributed by atoms with Crippen LogP contribution in [-0.2, 0) is 0 Å². The number of fused-ring (bicyclic) bond motifs is 2. The van der Waals surface area contributed by atoms with Crippen molar-refractivity contribution in [1.82, 2.24) is 24.1 Å². The van der Waals surface area contributed by atoms with E-state index in [0.29, 0.717) is 5.39 Å². The molecule has 0 N–H and O–H groups in total. The van der Waals surface area contributed by atoms with Gasteiger partial charge in [0.15, 0.2) is 5.65 Å². The summed E-state index contributed by atoms with van der Waals surface area (Å²) >= 11 is 0. The molecule has 0 amide bonds. The normalized spacial score (nSPS) is 14.9. The van der Waals surface area contributed by atoms with E-state index in [1.165, 1.54) is 0 Å². The van der Waals surface area contributed by atoms with E-state index < -0.39 is 0 Å². The standard InChI is InChI=1S/C22H25N7O/c1-15(2)28-14-23-19-13-17(4-5-18(19)22(28)30)26-8-10-27(11-9-26)21-12-16(3)25-20-6-7-24-29(20)21/h4-7,12-15H,8-11H2,1-3H3. The number of aryl methyl sites for hydroxylation is 1. The summed E-state index contributed by atoms with van der Waals surface area (Å²) in [4.78, 5) is 26.4. The quantitative estimate of drug-likeness (QED) is 0.524. The molecular weight excluding hydrogens is 378 g/mol. The molecule has 8 nitrogen and oxygen atoms in total. The van der Waals surface area contributed by atoms with E-state index in [1.807, 2.05) is 49.6 Å². The van der Waals surface area contributed by atoms with Crippen molar-refractivity contribution in [3.8, 4) is 0 Å². The van der Waals surface area contributed by atoms with Crippen LogP contribution in [0.5, 0.6) is 0 Å². The molecule has 8 heteroatoms. The van der Waals surface area contributed by atoms with Crippen molar-refractivity contribution in [2.24, 2.45) is 0 Å². The van der Waals surface area contributed by atoms with E-state index in [4.69, 9.17) is 0 Å². The number of anilines is 2. The molecule has 0 radical (unpaired) electrons. The van der Waals surface area contributed by atoms with Gasteiger partial charge < -0.3 is 9.80 Å². The maximum Gasteiger partial charge on any atom is 0.261 e. The van der Waals surface area contributed by atoms with E-state index in [0.717, 1.165) is 54.5 Å². The Labute approximate surface area is 174 Å². The number of aromatic nitrogens is 5. The summed E-state index contributed by atoms with van der Waals surface area (Å²) in [6, 6.07) is 10.1. The van der Waals surface area contributed by atoms with Crippen LogP contribution >= 0.6 is 0 Å². The maximum absolute atomic E-state index is 12.7. The SMILES string of the molecule is Cc1cc(N2CCN(c3ccc4c(=O)n(C(C)C)cnc4c3)CC2)n2nccc2n1. The Hall–Kier alpha value is -3.42. The van der Waals surface area contributed by atoms with E-state index >= 15 is 0 Å². The zero-order chi connectivity index (χ0) is 20.8. The van der Waals surface area contributed by atoms with Crippen LogP contribution in [0.1, 0.15) is 25.6 Å². The third kappa shape index (κ3) is 3.08. The Morgan fingerprint density at radius 1 is 1.00 bits per heavy atom. The average molecular weight is 403 g/mol. The summed E-state index contributed by atoms with van der Waals surface area (Å²) in [5.41, 5.74) is 3.74. The fourth-order valence-electron chi connectivity index (χ4n) is 4.13. The summed E-state index contributed by atoms with van der Waals surface area (Å²) < 4.78 is 3.58. The topological polar surface area (TPSA) is 71.6 Å². The average Bonchev–Trinajstić information content (AvgIpc) is 3.21. The Morgan fingerprint density at radius 3 is 2.53 bits per heavy atom. The molecule has 1 saturated heterocycles. The monoisotopic (exact) mass is 403 g/mol. The smallest absolute Gasteiger partial charge is 0.261 e. The van der Waals surface area contributed by atoms with Gasteiger partial charge in [0, 0.05) is 55.7 Å². The van der Waals surface area contributed by atoms with E-state index in [2.05, 4.69) is 30.9 Å². The lowest BCUT2D eigenvalue weighted by Crippen LogP contribution is -2.47. The van der Waals surface area contributed by atoms with E-state index in [-0.39, 0.29) is 11.6 Å². The molecule has 3 aromatic heterocycles. The molecule has 5 rings (SSSR count). The molecule has 4 heterocycles. The molecule has 1 aliphatic heterocycles. The van der Waals surface area contributed by atoms with Gasteiger partial charge in [-0.2, -0.15) is 9.61 Å².